The summed E-state index contributed by atoms with van der Waals surface area (Å²) in [4.78, 5) is 19.7. The summed E-state index contributed by atoms with van der Waals surface area (Å²) in [5.41, 5.74) is 0.900. The van der Waals surface area contributed by atoms with E-state index in [1.807, 2.05) is 5.38 Å². The van der Waals surface area contributed by atoms with Crippen molar-refractivity contribution in [2.75, 3.05) is 32.1 Å². The van der Waals surface area contributed by atoms with E-state index >= 15 is 0 Å². The molecule has 0 aliphatic carbocycles. The highest BCUT2D eigenvalue weighted by Gasteiger charge is 2.22. The monoisotopic (exact) mass is 283 g/mol. The second-order valence-corrected chi connectivity index (χ2v) is 6.03. The molecule has 0 radical (unpaired) electrons. The van der Waals surface area contributed by atoms with Crippen molar-refractivity contribution in [1.29, 1.82) is 0 Å². The number of hydrogen-bond acceptors (Lipinski definition) is 5. The third-order valence-corrected chi connectivity index (χ3v) is 4.55. The molecule has 1 saturated heterocycles. The number of aryl methyl sites for hydroxylation is 1. The van der Waals surface area contributed by atoms with Crippen molar-refractivity contribution in [3.63, 3.8) is 0 Å². The molecule has 0 saturated carbocycles. The standard InChI is InChI=1S/C13H21N3O2S/c1-15(2)11-5-7-16(8-6-11)13-14-10(9-19-13)3-4-12(17)18/h9,11H,3-8H2,1-2H3,(H,17,18). The fraction of sp³-hybridized carbons (Fsp3) is 0.692. The molecule has 0 unspecified atom stereocenters. The first-order valence-electron chi connectivity index (χ1n) is 6.64. The zero-order chi connectivity index (χ0) is 13.8. The lowest BCUT2D eigenvalue weighted by atomic mass is 10.0. The van der Waals surface area contributed by atoms with Gasteiger partial charge in [-0.05, 0) is 26.9 Å². The maximum absolute atomic E-state index is 10.5. The topological polar surface area (TPSA) is 56.7 Å². The highest BCUT2D eigenvalue weighted by molar-refractivity contribution is 7.13. The van der Waals surface area contributed by atoms with Crippen LogP contribution >= 0.6 is 11.3 Å². The summed E-state index contributed by atoms with van der Waals surface area (Å²) < 4.78 is 0. The molecule has 0 bridgehead atoms. The molecule has 106 valence electrons. The minimum absolute atomic E-state index is 0.159. The van der Waals surface area contributed by atoms with Crippen LogP contribution in [0.5, 0.6) is 0 Å². The van der Waals surface area contributed by atoms with Gasteiger partial charge in [0.1, 0.15) is 0 Å². The predicted molar refractivity (Wildman–Crippen MR) is 77.0 cm³/mol. The molecule has 19 heavy (non-hydrogen) atoms. The van der Waals surface area contributed by atoms with Gasteiger partial charge in [-0.25, -0.2) is 4.98 Å². The van der Waals surface area contributed by atoms with E-state index in [9.17, 15) is 4.79 Å². The lowest BCUT2D eigenvalue weighted by Crippen LogP contribution is -2.41. The Hall–Kier alpha value is -1.14. The number of anilines is 1. The molecule has 1 aliphatic rings. The van der Waals surface area contributed by atoms with Crippen LogP contribution in [0.15, 0.2) is 5.38 Å². The van der Waals surface area contributed by atoms with Gasteiger partial charge in [0.15, 0.2) is 5.13 Å². The number of carboxylic acid groups (broad SMARTS) is 1. The predicted octanol–water partition coefficient (Wildman–Crippen LogP) is 1.69. The van der Waals surface area contributed by atoms with E-state index in [2.05, 4.69) is 28.9 Å². The summed E-state index contributed by atoms with van der Waals surface area (Å²) in [6.07, 6.45) is 3.01. The van der Waals surface area contributed by atoms with Gasteiger partial charge in [0.2, 0.25) is 0 Å². The largest absolute Gasteiger partial charge is 0.481 e. The van der Waals surface area contributed by atoms with Gasteiger partial charge in [0.05, 0.1) is 12.1 Å². The van der Waals surface area contributed by atoms with Crippen LogP contribution in [-0.2, 0) is 11.2 Å². The maximum atomic E-state index is 10.5. The smallest absolute Gasteiger partial charge is 0.303 e. The second kappa shape index (κ2) is 6.34. The van der Waals surface area contributed by atoms with Crippen LogP contribution in [0.3, 0.4) is 0 Å². The Morgan fingerprint density at radius 2 is 2.21 bits per heavy atom. The fourth-order valence-electron chi connectivity index (χ4n) is 2.36. The van der Waals surface area contributed by atoms with Gasteiger partial charge in [0.25, 0.3) is 0 Å². The summed E-state index contributed by atoms with van der Waals surface area (Å²) in [5.74, 6) is -0.763. The number of piperidine rings is 1. The summed E-state index contributed by atoms with van der Waals surface area (Å²) in [6, 6.07) is 0.669. The molecular formula is C13H21N3O2S. The highest BCUT2D eigenvalue weighted by atomic mass is 32.1. The van der Waals surface area contributed by atoms with E-state index in [-0.39, 0.29) is 6.42 Å². The first kappa shape index (κ1) is 14.3. The Kier molecular flexibility index (Phi) is 4.76. The van der Waals surface area contributed by atoms with Gasteiger partial charge in [-0.1, -0.05) is 0 Å². The molecule has 1 aromatic heterocycles. The molecular weight excluding hydrogens is 262 g/mol. The zero-order valence-corrected chi connectivity index (χ0v) is 12.3. The molecule has 0 amide bonds. The Balaban J connectivity index is 1.88. The Morgan fingerprint density at radius 3 is 2.79 bits per heavy atom. The average molecular weight is 283 g/mol. The van der Waals surface area contributed by atoms with Crippen molar-refractivity contribution in [1.82, 2.24) is 9.88 Å². The van der Waals surface area contributed by atoms with E-state index in [4.69, 9.17) is 5.11 Å². The van der Waals surface area contributed by atoms with Crippen LogP contribution in [0, 0.1) is 0 Å². The van der Waals surface area contributed by atoms with Crippen LogP contribution in [0.1, 0.15) is 25.0 Å². The second-order valence-electron chi connectivity index (χ2n) is 5.20. The molecule has 1 fully saturated rings. The number of hydrogen-bond donors (Lipinski definition) is 1. The number of aromatic nitrogens is 1. The average Bonchev–Trinajstić information content (AvgIpc) is 2.85. The minimum Gasteiger partial charge on any atom is -0.481 e. The Morgan fingerprint density at radius 1 is 1.53 bits per heavy atom. The minimum atomic E-state index is -0.763. The van der Waals surface area contributed by atoms with Gasteiger partial charge < -0.3 is 14.9 Å². The molecule has 1 aromatic rings. The molecule has 0 aromatic carbocycles. The quantitative estimate of drug-likeness (QED) is 0.891. The Labute approximate surface area is 117 Å². The number of carbonyl (C=O) groups is 1. The van der Waals surface area contributed by atoms with Crippen molar-refractivity contribution in [2.45, 2.75) is 31.7 Å². The van der Waals surface area contributed by atoms with E-state index in [0.717, 1.165) is 36.8 Å². The number of carboxylic acids is 1. The molecule has 1 aliphatic heterocycles. The van der Waals surface area contributed by atoms with E-state index in [0.29, 0.717) is 12.5 Å². The molecule has 0 spiro atoms. The van der Waals surface area contributed by atoms with Crippen molar-refractivity contribution in [2.24, 2.45) is 0 Å². The molecule has 2 rings (SSSR count). The van der Waals surface area contributed by atoms with Crippen LogP contribution < -0.4 is 4.90 Å². The first-order valence-corrected chi connectivity index (χ1v) is 7.52. The summed E-state index contributed by atoms with van der Waals surface area (Å²) in [6.45, 7) is 2.07. The van der Waals surface area contributed by atoms with Crippen LogP contribution in [0.2, 0.25) is 0 Å². The maximum Gasteiger partial charge on any atom is 0.303 e. The Bertz CT molecular complexity index is 425. The van der Waals surface area contributed by atoms with E-state index in [1.165, 1.54) is 0 Å². The van der Waals surface area contributed by atoms with Gasteiger partial charge in [-0.3, -0.25) is 4.79 Å². The first-order chi connectivity index (χ1) is 9.06. The van der Waals surface area contributed by atoms with Gasteiger partial charge >= 0.3 is 5.97 Å². The van der Waals surface area contributed by atoms with E-state index < -0.39 is 5.97 Å². The summed E-state index contributed by atoms with van der Waals surface area (Å²) in [7, 11) is 4.27. The number of thiazole rings is 1. The normalized spacial score (nSPS) is 17.1. The summed E-state index contributed by atoms with van der Waals surface area (Å²) in [5, 5.41) is 11.7. The number of aliphatic carboxylic acids is 1. The van der Waals surface area contributed by atoms with Gasteiger partial charge in [-0.15, -0.1) is 11.3 Å². The number of nitrogens with zero attached hydrogens (tertiary/aromatic N) is 3. The van der Waals surface area contributed by atoms with Crippen molar-refractivity contribution in [3.8, 4) is 0 Å². The lowest BCUT2D eigenvalue weighted by Gasteiger charge is -2.35. The van der Waals surface area contributed by atoms with Crippen LogP contribution in [0.25, 0.3) is 0 Å². The SMILES string of the molecule is CN(C)C1CCN(c2nc(CCC(=O)O)cs2)CC1. The lowest BCUT2D eigenvalue weighted by molar-refractivity contribution is -0.136. The fourth-order valence-corrected chi connectivity index (χ4v) is 3.28. The van der Waals surface area contributed by atoms with Crippen molar-refractivity contribution in [3.05, 3.63) is 11.1 Å². The van der Waals surface area contributed by atoms with E-state index in [1.54, 1.807) is 11.3 Å². The third-order valence-electron chi connectivity index (χ3n) is 3.60. The highest BCUT2D eigenvalue weighted by Crippen LogP contribution is 2.25. The molecule has 0 atom stereocenters. The van der Waals surface area contributed by atoms with Gasteiger partial charge in [-0.2, -0.15) is 0 Å². The molecule has 5 nitrogen and oxygen atoms in total. The van der Waals surface area contributed by atoms with Crippen molar-refractivity contribution >= 4 is 22.4 Å². The molecule has 6 heteroatoms. The molecule has 1 N–H and O–H groups in total. The third kappa shape index (κ3) is 3.91. The molecule has 2 heterocycles. The van der Waals surface area contributed by atoms with Gasteiger partial charge in [0, 0.05) is 30.9 Å². The van der Waals surface area contributed by atoms with Crippen molar-refractivity contribution < 1.29 is 9.90 Å². The van der Waals surface area contributed by atoms with Crippen LogP contribution in [-0.4, -0.2) is 54.2 Å². The summed E-state index contributed by atoms with van der Waals surface area (Å²) >= 11 is 1.63. The zero-order valence-electron chi connectivity index (χ0n) is 11.5. The van der Waals surface area contributed by atoms with Crippen LogP contribution in [0.4, 0.5) is 5.13 Å². The number of rotatable bonds is 5.